The molecule has 1 amide bonds. The van der Waals surface area contributed by atoms with Crippen molar-refractivity contribution in [1.29, 1.82) is 0 Å². The lowest BCUT2D eigenvalue weighted by Gasteiger charge is -2.23. The molecule has 1 heterocycles. The molecule has 1 aromatic heterocycles. The molecule has 0 radical (unpaired) electrons. The van der Waals surface area contributed by atoms with Gasteiger partial charge in [-0.3, -0.25) is 14.2 Å². The summed E-state index contributed by atoms with van der Waals surface area (Å²) in [5.41, 5.74) is 1.27. The van der Waals surface area contributed by atoms with Gasteiger partial charge in [0.1, 0.15) is 12.4 Å². The molecule has 1 aliphatic rings. The Hall–Kier alpha value is -3.02. The molecule has 5 nitrogen and oxygen atoms in total. The average Bonchev–Trinajstić information content (AvgIpc) is 3.48. The van der Waals surface area contributed by atoms with Gasteiger partial charge in [0.25, 0.3) is 5.56 Å². The number of aromatic nitrogens is 2. The Balaban J connectivity index is 1.56. The lowest BCUT2D eigenvalue weighted by molar-refractivity contribution is -0.133. The topological polar surface area (TPSA) is 55.2 Å². The van der Waals surface area contributed by atoms with Crippen molar-refractivity contribution in [2.24, 2.45) is 0 Å². The lowest BCUT2D eigenvalue weighted by Crippen LogP contribution is -2.37. The predicted molar refractivity (Wildman–Crippen MR) is 96.0 cm³/mol. The second kappa shape index (κ2) is 6.71. The van der Waals surface area contributed by atoms with Gasteiger partial charge in [0.15, 0.2) is 0 Å². The van der Waals surface area contributed by atoms with Gasteiger partial charge < -0.3 is 4.90 Å². The zero-order valence-electron chi connectivity index (χ0n) is 14.1. The fraction of sp³-hybridized carbons (Fsp3) is 0.250. The van der Waals surface area contributed by atoms with Crippen LogP contribution in [0, 0.1) is 5.82 Å². The maximum Gasteiger partial charge on any atom is 0.261 e. The van der Waals surface area contributed by atoms with Gasteiger partial charge in [0.2, 0.25) is 5.91 Å². The molecule has 0 unspecified atom stereocenters. The summed E-state index contributed by atoms with van der Waals surface area (Å²) in [6.07, 6.45) is 3.33. The Morgan fingerprint density at radius 3 is 2.62 bits per heavy atom. The molecule has 6 heteroatoms. The van der Waals surface area contributed by atoms with Crippen molar-refractivity contribution in [1.82, 2.24) is 14.5 Å². The van der Waals surface area contributed by atoms with E-state index in [2.05, 4.69) is 4.98 Å². The summed E-state index contributed by atoms with van der Waals surface area (Å²) in [6, 6.07) is 13.4. The number of hydrogen-bond donors (Lipinski definition) is 0. The summed E-state index contributed by atoms with van der Waals surface area (Å²) in [7, 11) is 0. The first-order valence-corrected chi connectivity index (χ1v) is 8.60. The number of carbonyl (C=O) groups excluding carboxylic acids is 1. The molecule has 4 rings (SSSR count). The highest BCUT2D eigenvalue weighted by molar-refractivity contribution is 5.79. The third-order valence-electron chi connectivity index (χ3n) is 4.61. The third-order valence-corrected chi connectivity index (χ3v) is 4.61. The van der Waals surface area contributed by atoms with Gasteiger partial charge in [-0.25, -0.2) is 9.37 Å². The molecule has 0 saturated heterocycles. The number of para-hydroxylation sites is 1. The highest BCUT2D eigenvalue weighted by Gasteiger charge is 2.32. The van der Waals surface area contributed by atoms with E-state index in [0.717, 1.165) is 18.4 Å². The monoisotopic (exact) mass is 351 g/mol. The summed E-state index contributed by atoms with van der Waals surface area (Å²) in [5.74, 6) is -0.428. The van der Waals surface area contributed by atoms with E-state index in [9.17, 15) is 14.0 Å². The molecule has 0 N–H and O–H groups in total. The van der Waals surface area contributed by atoms with Crippen molar-refractivity contribution in [3.05, 3.63) is 76.6 Å². The highest BCUT2D eigenvalue weighted by atomic mass is 19.1. The molecule has 0 aliphatic heterocycles. The van der Waals surface area contributed by atoms with E-state index in [1.807, 2.05) is 6.07 Å². The molecule has 132 valence electrons. The van der Waals surface area contributed by atoms with Gasteiger partial charge in [-0.2, -0.15) is 0 Å². The molecule has 3 aromatic rings. The maximum atomic E-state index is 13.1. The summed E-state index contributed by atoms with van der Waals surface area (Å²) in [4.78, 5) is 31.4. The van der Waals surface area contributed by atoms with Crippen LogP contribution in [0.5, 0.6) is 0 Å². The van der Waals surface area contributed by atoms with Gasteiger partial charge in [-0.05, 0) is 42.7 Å². The van der Waals surface area contributed by atoms with Crippen molar-refractivity contribution in [2.75, 3.05) is 0 Å². The van der Waals surface area contributed by atoms with E-state index >= 15 is 0 Å². The van der Waals surface area contributed by atoms with Crippen molar-refractivity contribution >= 4 is 16.8 Å². The van der Waals surface area contributed by atoms with Crippen LogP contribution in [-0.4, -0.2) is 26.4 Å². The quantitative estimate of drug-likeness (QED) is 0.710. The van der Waals surface area contributed by atoms with Gasteiger partial charge in [-0.15, -0.1) is 0 Å². The van der Waals surface area contributed by atoms with Crippen LogP contribution in [-0.2, 0) is 17.9 Å². The van der Waals surface area contributed by atoms with Crippen LogP contribution in [0.2, 0.25) is 0 Å². The molecular weight excluding hydrogens is 333 g/mol. The van der Waals surface area contributed by atoms with E-state index < -0.39 is 0 Å². The maximum absolute atomic E-state index is 13.1. The number of carbonyl (C=O) groups is 1. The predicted octanol–water partition coefficient (Wildman–Crippen LogP) is 2.73. The largest absolute Gasteiger partial charge is 0.334 e. The number of benzene rings is 2. The number of halogens is 1. The first kappa shape index (κ1) is 16.4. The van der Waals surface area contributed by atoms with Crippen LogP contribution in [0.1, 0.15) is 18.4 Å². The molecule has 0 bridgehead atoms. The lowest BCUT2D eigenvalue weighted by atomic mass is 10.2. The first-order chi connectivity index (χ1) is 12.6. The minimum Gasteiger partial charge on any atom is -0.334 e. The molecule has 1 fully saturated rings. The number of rotatable bonds is 5. The second-order valence-electron chi connectivity index (χ2n) is 6.57. The van der Waals surface area contributed by atoms with E-state index in [1.165, 1.54) is 23.0 Å². The fourth-order valence-corrected chi connectivity index (χ4v) is 3.05. The number of amides is 1. The number of nitrogens with zero attached hydrogens (tertiary/aromatic N) is 3. The Bertz CT molecular complexity index is 1010. The zero-order chi connectivity index (χ0) is 18.1. The smallest absolute Gasteiger partial charge is 0.261 e. The van der Waals surface area contributed by atoms with Crippen LogP contribution >= 0.6 is 0 Å². The van der Waals surface area contributed by atoms with Gasteiger partial charge in [0, 0.05) is 12.6 Å². The van der Waals surface area contributed by atoms with Crippen LogP contribution in [0.15, 0.2) is 59.7 Å². The minimum atomic E-state index is -0.299. The molecule has 1 saturated carbocycles. The second-order valence-corrected chi connectivity index (χ2v) is 6.57. The minimum absolute atomic E-state index is 0.0473. The highest BCUT2D eigenvalue weighted by Crippen LogP contribution is 2.28. The van der Waals surface area contributed by atoms with E-state index in [4.69, 9.17) is 0 Å². The first-order valence-electron chi connectivity index (χ1n) is 8.60. The Morgan fingerprint density at radius 1 is 1.15 bits per heavy atom. The zero-order valence-corrected chi connectivity index (χ0v) is 14.1. The van der Waals surface area contributed by atoms with Crippen molar-refractivity contribution in [3.63, 3.8) is 0 Å². The third kappa shape index (κ3) is 3.35. The van der Waals surface area contributed by atoms with Crippen LogP contribution in [0.3, 0.4) is 0 Å². The van der Waals surface area contributed by atoms with Crippen molar-refractivity contribution in [3.8, 4) is 0 Å². The summed E-state index contributed by atoms with van der Waals surface area (Å²) in [5, 5.41) is 0.499. The van der Waals surface area contributed by atoms with Gasteiger partial charge in [0.05, 0.1) is 17.2 Å². The van der Waals surface area contributed by atoms with E-state index in [0.29, 0.717) is 17.4 Å². The van der Waals surface area contributed by atoms with Crippen molar-refractivity contribution < 1.29 is 9.18 Å². The summed E-state index contributed by atoms with van der Waals surface area (Å²) >= 11 is 0. The fourth-order valence-electron chi connectivity index (χ4n) is 3.05. The molecule has 0 spiro atoms. The average molecular weight is 351 g/mol. The normalized spacial score (nSPS) is 13.7. The Labute approximate surface area is 149 Å². The molecule has 0 atom stereocenters. The molecule has 26 heavy (non-hydrogen) atoms. The SMILES string of the molecule is O=C(Cn1cnc2ccccc2c1=O)N(Cc1ccc(F)cc1)C1CC1. The van der Waals surface area contributed by atoms with Crippen molar-refractivity contribution in [2.45, 2.75) is 32.0 Å². The molecule has 1 aliphatic carbocycles. The van der Waals surface area contributed by atoms with Gasteiger partial charge in [-0.1, -0.05) is 24.3 Å². The van der Waals surface area contributed by atoms with Crippen LogP contribution < -0.4 is 5.56 Å². The summed E-state index contributed by atoms with van der Waals surface area (Å²) < 4.78 is 14.4. The Morgan fingerprint density at radius 2 is 1.88 bits per heavy atom. The summed E-state index contributed by atoms with van der Waals surface area (Å²) in [6.45, 7) is 0.369. The Kier molecular flexibility index (Phi) is 4.24. The number of fused-ring (bicyclic) bond motifs is 1. The van der Waals surface area contributed by atoms with Gasteiger partial charge >= 0.3 is 0 Å². The standard InChI is InChI=1S/C20H18FN3O2/c21-15-7-5-14(6-8-15)11-24(16-9-10-16)19(25)12-23-13-22-18-4-2-1-3-17(18)20(23)26/h1-8,13,16H,9-12H2. The molecular formula is C20H18FN3O2. The van der Waals surface area contributed by atoms with Crippen LogP contribution in [0.25, 0.3) is 10.9 Å². The van der Waals surface area contributed by atoms with Crippen LogP contribution in [0.4, 0.5) is 4.39 Å². The van der Waals surface area contributed by atoms with E-state index in [-0.39, 0.29) is 29.9 Å². The number of hydrogen-bond acceptors (Lipinski definition) is 3. The van der Waals surface area contributed by atoms with E-state index in [1.54, 1.807) is 35.2 Å². The molecule has 2 aromatic carbocycles.